The van der Waals surface area contributed by atoms with Gasteiger partial charge in [-0.25, -0.2) is 14.0 Å². The Kier molecular flexibility index (Phi) is 15.1. The number of anilines is 1. The Labute approximate surface area is 420 Å². The van der Waals surface area contributed by atoms with E-state index in [-0.39, 0.29) is 99.0 Å². The van der Waals surface area contributed by atoms with Gasteiger partial charge in [0.15, 0.2) is 29.5 Å². The molecule has 17 atom stereocenters. The number of fused-ring (bicyclic) bond motifs is 6. The van der Waals surface area contributed by atoms with Crippen LogP contribution in [0.1, 0.15) is 77.1 Å². The number of aliphatic hydroxyl groups is 6. The molecule has 6 aliphatic rings. The number of H-pyrrole nitrogens is 1. The SMILES string of the molecule is C[C@]12CCC(=O)C=C1CC[C@@H]1[C@@H]2CC[C@@]2(C)[C@H]1CC[C@@]2(O)c1cn(C[C@@H]2O[C@H](OP(=O)([O-])OP(=O)([O-])OC[C@H]3O[C@@H](n4cnc5c(=O)[nH]c(N)nc54)[C@H](O)[C@@H]3O)[C@@H](O)[C@H](O)[C@@H]2O)nn1.[Na+].[Na+]. The molecule has 0 amide bonds. The van der Waals surface area contributed by atoms with E-state index >= 15 is 0 Å². The summed E-state index contributed by atoms with van der Waals surface area (Å²) in [6.45, 7) is 2.85. The molecule has 9 rings (SSSR count). The van der Waals surface area contributed by atoms with Crippen molar-refractivity contribution in [3.8, 4) is 0 Å². The molecule has 2 saturated heterocycles. The summed E-state index contributed by atoms with van der Waals surface area (Å²) in [5.74, 6) is 0.795. The minimum atomic E-state index is -6.05. The number of nitrogens with one attached hydrogen (secondary N) is 1. The molecule has 0 radical (unpaired) electrons. The second-order valence-electron chi connectivity index (χ2n) is 18.4. The van der Waals surface area contributed by atoms with Crippen LogP contribution >= 0.6 is 15.6 Å². The first-order valence-corrected chi connectivity index (χ1v) is 23.9. The van der Waals surface area contributed by atoms with Crippen molar-refractivity contribution < 1.29 is 136 Å². The van der Waals surface area contributed by atoms with Crippen LogP contribution < -0.4 is 80.2 Å². The van der Waals surface area contributed by atoms with Gasteiger partial charge < -0.3 is 60.2 Å². The fourth-order valence-electron chi connectivity index (χ4n) is 11.6. The predicted molar refractivity (Wildman–Crippen MR) is 209 cm³/mol. The second kappa shape index (κ2) is 19.0. The number of aliphatic hydroxyl groups excluding tert-OH is 5. The first-order chi connectivity index (χ1) is 30.0. The van der Waals surface area contributed by atoms with E-state index in [2.05, 4.69) is 47.9 Å². The molecule has 5 heterocycles. The fourth-order valence-corrected chi connectivity index (χ4v) is 13.7. The molecule has 66 heavy (non-hydrogen) atoms. The van der Waals surface area contributed by atoms with E-state index in [1.54, 1.807) is 0 Å². The maximum atomic E-state index is 12.9. The average Bonchev–Trinajstić information content (AvgIpc) is 4.00. The fraction of sp³-hybridized carbons (Fsp3) is 0.730. The van der Waals surface area contributed by atoms with Gasteiger partial charge >= 0.3 is 59.1 Å². The third-order valence-electron chi connectivity index (χ3n) is 15.0. The normalized spacial score (nSPS) is 40.5. The molecule has 9 N–H and O–H groups in total. The average molecular weight is 987 g/mol. The van der Waals surface area contributed by atoms with Crippen LogP contribution in [-0.4, -0.2) is 127 Å². The zero-order valence-corrected chi connectivity index (χ0v) is 42.3. The van der Waals surface area contributed by atoms with Gasteiger partial charge in [0.1, 0.15) is 54.0 Å². The molecule has 29 heteroatoms. The minimum absolute atomic E-state index is 0. The van der Waals surface area contributed by atoms with Crippen molar-refractivity contribution in [2.24, 2.45) is 28.6 Å². The number of nitrogen functional groups attached to an aromatic ring is 1. The number of ether oxygens (including phenoxy) is 2. The number of carbonyl (C=O) groups excluding carboxylic acids is 1. The zero-order valence-electron chi connectivity index (χ0n) is 36.6. The number of nitrogens with zero attached hydrogens (tertiary/aromatic N) is 6. The van der Waals surface area contributed by atoms with E-state index in [1.807, 2.05) is 6.08 Å². The Bertz CT molecular complexity index is 2520. The number of ketones is 1. The van der Waals surface area contributed by atoms with Crippen LogP contribution in [0.25, 0.3) is 11.2 Å². The molecular formula is C37H50N8Na2O17P2. The van der Waals surface area contributed by atoms with Gasteiger partial charge in [-0.15, -0.1) is 5.10 Å². The minimum Gasteiger partial charge on any atom is -0.756 e. The van der Waals surface area contributed by atoms with Crippen molar-refractivity contribution in [1.29, 1.82) is 0 Å². The van der Waals surface area contributed by atoms with Crippen molar-refractivity contribution >= 4 is 38.5 Å². The van der Waals surface area contributed by atoms with Crippen LogP contribution in [0.3, 0.4) is 0 Å². The van der Waals surface area contributed by atoms with E-state index in [0.717, 1.165) is 43.0 Å². The Balaban J connectivity index is 0.00000324. The van der Waals surface area contributed by atoms with Gasteiger partial charge in [-0.05, 0) is 74.2 Å². The van der Waals surface area contributed by atoms with Gasteiger partial charge in [0.25, 0.3) is 21.2 Å². The smallest absolute Gasteiger partial charge is 0.756 e. The molecule has 3 aromatic rings. The molecule has 4 aliphatic carbocycles. The van der Waals surface area contributed by atoms with Crippen LogP contribution in [-0.2, 0) is 48.9 Å². The van der Waals surface area contributed by atoms with Crippen molar-refractivity contribution in [3.05, 3.63) is 40.2 Å². The van der Waals surface area contributed by atoms with Gasteiger partial charge in [-0.2, -0.15) is 4.98 Å². The second-order valence-corrected chi connectivity index (χ2v) is 21.3. The first kappa shape index (κ1) is 52.5. The standard InChI is InChI=1S/C37H52N8O17P2.2Na/c1-35-8-5-17(46)11-16(35)3-4-18-19(35)6-9-36(2)20(18)7-10-37(36,53)23-13-44(43-42-23)12-21-25(47)27(49)29(51)33(60-21)61-64(56,57)62-63(54,55)58-14-22-26(48)28(50)32(59-22)45-15-39-24-30(45)40-34(38)41-31(24)52;;/h11,13,15,18-22,25-29,32-33,47-51,53H,3-10,12,14H2,1-2H3,(H,54,55)(H,56,57)(H3,38,40,41,52);;/q;2*+1/p-2/t18-,19+,20+,21+,22-,25-,26-,27-,28-,29+,32-,33-,35+,36+,37-;;/m1../s1. The Morgan fingerprint density at radius 3 is 2.38 bits per heavy atom. The van der Waals surface area contributed by atoms with E-state index in [0.29, 0.717) is 31.1 Å². The molecule has 2 aliphatic heterocycles. The van der Waals surface area contributed by atoms with Crippen LogP contribution in [0.2, 0.25) is 0 Å². The van der Waals surface area contributed by atoms with Gasteiger partial charge in [-0.3, -0.25) is 32.8 Å². The molecule has 0 spiro atoms. The number of hydrogen-bond donors (Lipinski definition) is 8. The number of aromatic amines is 1. The van der Waals surface area contributed by atoms with Gasteiger partial charge in [0.2, 0.25) is 5.95 Å². The summed E-state index contributed by atoms with van der Waals surface area (Å²) >= 11 is 0. The Morgan fingerprint density at radius 2 is 1.64 bits per heavy atom. The van der Waals surface area contributed by atoms with Crippen LogP contribution in [0.5, 0.6) is 0 Å². The summed E-state index contributed by atoms with van der Waals surface area (Å²) in [5.41, 5.74) is 4.08. The van der Waals surface area contributed by atoms with Gasteiger partial charge in [0.05, 0.1) is 25.7 Å². The Hall–Kier alpha value is -1.36. The number of carbonyl (C=O) groups is 1. The van der Waals surface area contributed by atoms with Crippen LogP contribution in [0.15, 0.2) is 29.0 Å². The van der Waals surface area contributed by atoms with Gasteiger partial charge in [0, 0.05) is 11.8 Å². The molecule has 2 unspecified atom stereocenters. The summed E-state index contributed by atoms with van der Waals surface area (Å²) < 4.78 is 52.4. The summed E-state index contributed by atoms with van der Waals surface area (Å²) in [4.78, 5) is 60.1. The van der Waals surface area contributed by atoms with Crippen molar-refractivity contribution in [2.75, 3.05) is 12.3 Å². The Morgan fingerprint density at radius 1 is 0.924 bits per heavy atom. The number of aromatic nitrogens is 7. The molecule has 0 bridgehead atoms. The third kappa shape index (κ3) is 9.11. The number of phosphoric ester groups is 2. The molecule has 25 nitrogen and oxygen atoms in total. The first-order valence-electron chi connectivity index (χ1n) is 21.0. The number of nitrogens with two attached hydrogens (primary N) is 1. The number of phosphoric acid groups is 2. The van der Waals surface area contributed by atoms with Crippen LogP contribution in [0, 0.1) is 28.6 Å². The van der Waals surface area contributed by atoms with Crippen molar-refractivity contribution in [1.82, 2.24) is 34.5 Å². The maximum absolute atomic E-state index is 12.9. The van der Waals surface area contributed by atoms with Crippen molar-refractivity contribution in [2.45, 2.75) is 133 Å². The quantitative estimate of drug-likeness (QED) is 0.0653. The summed E-state index contributed by atoms with van der Waals surface area (Å²) in [7, 11) is -12.0. The predicted octanol–water partition coefficient (Wildman–Crippen LogP) is -7.87. The molecule has 0 aromatic carbocycles. The largest absolute Gasteiger partial charge is 1.00 e. The monoisotopic (exact) mass is 986 g/mol. The molecular weight excluding hydrogens is 936 g/mol. The zero-order chi connectivity index (χ0) is 45.9. The molecule has 3 aromatic heterocycles. The molecule has 3 saturated carbocycles. The topological polar surface area (TPSA) is 385 Å². The number of rotatable bonds is 11. The summed E-state index contributed by atoms with van der Waals surface area (Å²) in [5, 5.41) is 74.2. The van der Waals surface area contributed by atoms with E-state index in [1.165, 1.54) is 16.5 Å². The number of allylic oxidation sites excluding steroid dienone is 1. The van der Waals surface area contributed by atoms with E-state index in [9.17, 15) is 59.1 Å². The van der Waals surface area contributed by atoms with Crippen molar-refractivity contribution in [3.63, 3.8) is 0 Å². The molecule has 5 fully saturated rings. The third-order valence-corrected chi connectivity index (χ3v) is 17.5. The van der Waals surface area contributed by atoms with E-state index < -0.39 is 101 Å². The summed E-state index contributed by atoms with van der Waals surface area (Å²) in [6.07, 6.45) is -6.46. The van der Waals surface area contributed by atoms with Crippen LogP contribution in [0.4, 0.5) is 5.95 Å². The number of imidazole rings is 1. The van der Waals surface area contributed by atoms with E-state index in [4.69, 9.17) is 19.7 Å². The number of hydrogen-bond acceptors (Lipinski definition) is 22. The summed E-state index contributed by atoms with van der Waals surface area (Å²) in [6, 6.07) is 0. The molecule has 352 valence electrons. The van der Waals surface area contributed by atoms with Gasteiger partial charge in [-0.1, -0.05) is 24.6 Å². The maximum Gasteiger partial charge on any atom is 1.00 e.